The van der Waals surface area contributed by atoms with Crippen LogP contribution in [0.1, 0.15) is 48.2 Å². The number of amides is 1. The van der Waals surface area contributed by atoms with Crippen molar-refractivity contribution in [3.63, 3.8) is 0 Å². The van der Waals surface area contributed by atoms with Gasteiger partial charge < -0.3 is 36.2 Å². The molecule has 0 fully saturated rings. The second-order valence-corrected chi connectivity index (χ2v) is 7.80. The Morgan fingerprint density at radius 3 is 2.64 bits per heavy atom. The number of ether oxygens (including phenoxy) is 1. The lowest BCUT2D eigenvalue weighted by Gasteiger charge is -2.08. The maximum absolute atomic E-state index is 12.9. The summed E-state index contributed by atoms with van der Waals surface area (Å²) < 4.78 is 11.5. The average Bonchev–Trinajstić information content (AvgIpc) is 3.15. The van der Waals surface area contributed by atoms with Gasteiger partial charge in [-0.2, -0.15) is 0 Å². The Morgan fingerprint density at radius 1 is 1.12 bits per heavy atom. The fourth-order valence-corrected chi connectivity index (χ4v) is 3.53. The number of ketones is 1. The molecule has 0 radical (unpaired) electrons. The summed E-state index contributed by atoms with van der Waals surface area (Å²) in [4.78, 5) is 24.1. The molecule has 0 aliphatic heterocycles. The van der Waals surface area contributed by atoms with Crippen LogP contribution in [0.25, 0.3) is 11.0 Å². The molecule has 7 N–H and O–H groups in total. The van der Waals surface area contributed by atoms with Crippen molar-refractivity contribution in [1.82, 2.24) is 0 Å². The van der Waals surface area contributed by atoms with E-state index in [2.05, 4.69) is 5.32 Å². The highest BCUT2D eigenvalue weighted by Gasteiger charge is 2.24. The van der Waals surface area contributed by atoms with Crippen LogP contribution in [0.4, 0.5) is 5.69 Å². The minimum Gasteiger partial charge on any atom is -0.508 e. The predicted octanol–water partition coefficient (Wildman–Crippen LogP) is 3.26. The van der Waals surface area contributed by atoms with Crippen LogP contribution in [-0.4, -0.2) is 41.6 Å². The Kier molecular flexibility index (Phi) is 8.28. The Bertz CT molecular complexity index is 1110. The first-order chi connectivity index (χ1) is 15.9. The normalized spacial score (nSPS) is 11.9. The van der Waals surface area contributed by atoms with Crippen LogP contribution in [0.3, 0.4) is 0 Å². The Balaban J connectivity index is 1.69. The van der Waals surface area contributed by atoms with Crippen molar-refractivity contribution < 1.29 is 29.0 Å². The molecular weight excluding hydrogens is 426 g/mol. The Hall–Kier alpha value is -3.56. The van der Waals surface area contributed by atoms with Gasteiger partial charge in [0, 0.05) is 30.1 Å². The summed E-state index contributed by atoms with van der Waals surface area (Å²) in [6.07, 6.45) is 5.37. The first-order valence-electron chi connectivity index (χ1n) is 10.9. The third-order valence-electron chi connectivity index (χ3n) is 5.34. The van der Waals surface area contributed by atoms with E-state index in [9.17, 15) is 19.8 Å². The number of aromatic hydroxyl groups is 2. The molecule has 1 atom stereocenters. The minimum atomic E-state index is -0.634. The summed E-state index contributed by atoms with van der Waals surface area (Å²) in [5, 5.41) is 22.5. The summed E-state index contributed by atoms with van der Waals surface area (Å²) in [6, 6.07) is 8.77. The summed E-state index contributed by atoms with van der Waals surface area (Å²) >= 11 is 0. The van der Waals surface area contributed by atoms with E-state index in [1.165, 1.54) is 12.1 Å². The summed E-state index contributed by atoms with van der Waals surface area (Å²) in [7, 11) is 0. The van der Waals surface area contributed by atoms with Crippen LogP contribution >= 0.6 is 0 Å². The second kappa shape index (κ2) is 11.3. The van der Waals surface area contributed by atoms with Crippen LogP contribution in [-0.2, 0) is 4.79 Å². The smallest absolute Gasteiger partial charge is 0.234 e. The molecule has 0 saturated heterocycles. The topological polar surface area (TPSA) is 161 Å². The molecule has 2 aromatic carbocycles. The largest absolute Gasteiger partial charge is 0.508 e. The van der Waals surface area contributed by atoms with Gasteiger partial charge in [-0.1, -0.05) is 19.3 Å². The number of carbonyl (C=O) groups excluding carboxylic acids is 2. The van der Waals surface area contributed by atoms with Gasteiger partial charge in [0.1, 0.15) is 22.8 Å². The second-order valence-electron chi connectivity index (χ2n) is 7.80. The first kappa shape index (κ1) is 24.1. The van der Waals surface area contributed by atoms with Crippen LogP contribution in [0.2, 0.25) is 0 Å². The fraction of sp³-hybridized carbons (Fsp3) is 0.333. The number of nitrogens with one attached hydrogen (secondary N) is 1. The quantitative estimate of drug-likeness (QED) is 0.149. The molecule has 0 bridgehead atoms. The van der Waals surface area contributed by atoms with Gasteiger partial charge in [0.2, 0.25) is 12.2 Å². The van der Waals surface area contributed by atoms with E-state index in [0.717, 1.165) is 38.2 Å². The van der Waals surface area contributed by atoms with Gasteiger partial charge in [-0.05, 0) is 37.1 Å². The number of phenols is 2. The van der Waals surface area contributed by atoms with E-state index in [1.54, 1.807) is 18.2 Å². The first-order valence-corrected chi connectivity index (χ1v) is 10.9. The molecule has 33 heavy (non-hydrogen) atoms. The zero-order chi connectivity index (χ0) is 23.8. The predicted molar refractivity (Wildman–Crippen MR) is 125 cm³/mol. The molecule has 0 spiro atoms. The highest BCUT2D eigenvalue weighted by atomic mass is 16.5. The maximum atomic E-state index is 12.9. The lowest BCUT2D eigenvalue weighted by molar-refractivity contribution is -0.105. The van der Waals surface area contributed by atoms with E-state index in [0.29, 0.717) is 36.3 Å². The molecule has 1 unspecified atom stereocenters. The number of phenolic OH excluding ortho intramolecular Hbond substituents is 2. The number of hydrogen-bond acceptors (Lipinski definition) is 8. The molecule has 9 nitrogen and oxygen atoms in total. The molecule has 3 aromatic rings. The summed E-state index contributed by atoms with van der Waals surface area (Å²) in [6.45, 7) is 1.04. The lowest BCUT2D eigenvalue weighted by Crippen LogP contribution is -2.29. The van der Waals surface area contributed by atoms with Crippen molar-refractivity contribution in [2.24, 2.45) is 11.5 Å². The highest BCUT2D eigenvalue weighted by Crippen LogP contribution is 2.36. The monoisotopic (exact) mass is 455 g/mol. The van der Waals surface area contributed by atoms with Crippen molar-refractivity contribution in [2.45, 2.75) is 38.1 Å². The summed E-state index contributed by atoms with van der Waals surface area (Å²) in [5.74, 6) is -0.770. The van der Waals surface area contributed by atoms with E-state index in [-0.39, 0.29) is 28.8 Å². The van der Waals surface area contributed by atoms with Crippen molar-refractivity contribution in [3.05, 3.63) is 47.7 Å². The van der Waals surface area contributed by atoms with Crippen LogP contribution in [0, 0.1) is 0 Å². The molecular formula is C24H29N3O6. The van der Waals surface area contributed by atoms with Gasteiger partial charge >= 0.3 is 0 Å². The van der Waals surface area contributed by atoms with Gasteiger partial charge in [-0.25, -0.2) is 0 Å². The minimum absolute atomic E-state index is 0.0645. The van der Waals surface area contributed by atoms with Crippen LogP contribution in [0.15, 0.2) is 40.8 Å². The Labute approximate surface area is 191 Å². The van der Waals surface area contributed by atoms with Crippen molar-refractivity contribution in [3.8, 4) is 17.2 Å². The number of unbranched alkanes of at least 4 members (excludes halogenated alkanes) is 3. The number of fused-ring (bicyclic) bond motifs is 1. The average molecular weight is 456 g/mol. The van der Waals surface area contributed by atoms with Crippen LogP contribution < -0.4 is 21.5 Å². The lowest BCUT2D eigenvalue weighted by atomic mass is 10.1. The number of hydrogen-bond donors (Lipinski definition) is 5. The molecule has 9 heteroatoms. The molecule has 1 heterocycles. The number of benzene rings is 2. The number of carbonyl (C=O) groups is 2. The molecule has 0 aliphatic rings. The molecule has 0 saturated carbocycles. The maximum Gasteiger partial charge on any atom is 0.234 e. The van der Waals surface area contributed by atoms with Gasteiger partial charge in [0.25, 0.3) is 0 Å². The van der Waals surface area contributed by atoms with Gasteiger partial charge in [0.15, 0.2) is 5.76 Å². The molecule has 1 amide bonds. The zero-order valence-corrected chi connectivity index (χ0v) is 18.3. The summed E-state index contributed by atoms with van der Waals surface area (Å²) in [5.41, 5.74) is 11.8. The molecule has 176 valence electrons. The van der Waals surface area contributed by atoms with Crippen molar-refractivity contribution in [2.75, 3.05) is 18.5 Å². The standard InChI is InChI=1S/C24H29N3O6/c25-13-15(26)5-3-1-2-4-10-32-17-7-9-19-21(12-17)33-24(22(19)27-14-28)23(31)18-8-6-16(29)11-20(18)30/h6-9,11-12,14-15,29-30H,1-5,10,13,25-26H2,(H,27,28). The third-order valence-corrected chi connectivity index (χ3v) is 5.34. The molecule has 1 aromatic heterocycles. The van der Waals surface area contributed by atoms with Gasteiger partial charge in [-0.3, -0.25) is 9.59 Å². The number of anilines is 1. The zero-order valence-electron chi connectivity index (χ0n) is 18.3. The SMILES string of the molecule is NCC(N)CCCCCCOc1ccc2c(NC=O)c(C(=O)c3ccc(O)cc3O)oc2c1. The highest BCUT2D eigenvalue weighted by molar-refractivity contribution is 6.17. The third kappa shape index (κ3) is 6.03. The Morgan fingerprint density at radius 2 is 1.91 bits per heavy atom. The van der Waals surface area contributed by atoms with Crippen LogP contribution in [0.5, 0.6) is 17.2 Å². The van der Waals surface area contributed by atoms with Crippen molar-refractivity contribution >= 4 is 28.8 Å². The number of rotatable bonds is 13. The molecule has 0 aliphatic carbocycles. The van der Waals surface area contributed by atoms with E-state index in [4.69, 9.17) is 20.6 Å². The van der Waals surface area contributed by atoms with Gasteiger partial charge in [-0.15, -0.1) is 0 Å². The van der Waals surface area contributed by atoms with E-state index in [1.807, 2.05) is 0 Å². The fourth-order valence-electron chi connectivity index (χ4n) is 3.53. The van der Waals surface area contributed by atoms with E-state index >= 15 is 0 Å². The van der Waals surface area contributed by atoms with Crippen molar-refractivity contribution in [1.29, 1.82) is 0 Å². The van der Waals surface area contributed by atoms with E-state index < -0.39 is 11.5 Å². The number of furan rings is 1. The van der Waals surface area contributed by atoms with Gasteiger partial charge in [0.05, 0.1) is 17.9 Å². The molecule has 3 rings (SSSR count). The number of nitrogens with two attached hydrogens (primary N) is 2.